The average molecular weight is 727 g/mol. The van der Waals surface area contributed by atoms with E-state index in [2.05, 4.69) is 234 Å². The predicted molar refractivity (Wildman–Crippen MR) is 239 cm³/mol. The first kappa shape index (κ1) is 33.0. The molecule has 9 aromatic carbocycles. The monoisotopic (exact) mass is 726 g/mol. The SMILES string of the molecule is c1ccc(Nc2ccc(-c3ccc4c(c3)c3ccccc3n4-c3ccccc3)cc2-c2ccc3c(c2)C(c2ccccc2)(c2ccccc2)c2ccccc2-3)cc1. The van der Waals surface area contributed by atoms with Crippen molar-refractivity contribution in [3.63, 3.8) is 0 Å². The van der Waals surface area contributed by atoms with Crippen LogP contribution in [0.1, 0.15) is 22.3 Å². The van der Waals surface area contributed by atoms with Crippen LogP contribution in [0.4, 0.5) is 11.4 Å². The maximum Gasteiger partial charge on any atom is 0.0713 e. The highest BCUT2D eigenvalue weighted by atomic mass is 15.0. The van der Waals surface area contributed by atoms with E-state index < -0.39 is 5.41 Å². The number of hydrogen-bond donors (Lipinski definition) is 1. The zero-order valence-corrected chi connectivity index (χ0v) is 31.3. The largest absolute Gasteiger partial charge is 0.355 e. The van der Waals surface area contributed by atoms with Crippen molar-refractivity contribution in [2.75, 3.05) is 5.32 Å². The third-order valence-electron chi connectivity index (χ3n) is 11.9. The van der Waals surface area contributed by atoms with Crippen LogP contribution in [-0.2, 0) is 5.41 Å². The number of para-hydroxylation sites is 3. The number of anilines is 2. The normalized spacial score (nSPS) is 12.7. The molecule has 0 radical (unpaired) electrons. The molecule has 1 aromatic heterocycles. The molecular weight excluding hydrogens is 689 g/mol. The first-order chi connectivity index (χ1) is 28.3. The third kappa shape index (κ3) is 5.26. The minimum atomic E-state index is -0.479. The van der Waals surface area contributed by atoms with Crippen molar-refractivity contribution in [1.82, 2.24) is 4.57 Å². The molecule has 2 nitrogen and oxygen atoms in total. The van der Waals surface area contributed by atoms with Gasteiger partial charge in [0.1, 0.15) is 0 Å². The molecule has 268 valence electrons. The Morgan fingerprint density at radius 2 is 0.912 bits per heavy atom. The summed E-state index contributed by atoms with van der Waals surface area (Å²) < 4.78 is 2.38. The molecule has 0 fully saturated rings. The maximum absolute atomic E-state index is 3.79. The van der Waals surface area contributed by atoms with Crippen LogP contribution < -0.4 is 5.32 Å². The summed E-state index contributed by atoms with van der Waals surface area (Å²) in [7, 11) is 0. The van der Waals surface area contributed by atoms with Crippen LogP contribution >= 0.6 is 0 Å². The summed E-state index contributed by atoms with van der Waals surface area (Å²) >= 11 is 0. The molecule has 0 saturated carbocycles. The number of hydrogen-bond acceptors (Lipinski definition) is 1. The molecule has 11 rings (SSSR count). The molecule has 57 heavy (non-hydrogen) atoms. The van der Waals surface area contributed by atoms with Gasteiger partial charge in [-0.3, -0.25) is 0 Å². The number of benzene rings is 9. The van der Waals surface area contributed by atoms with E-state index in [1.165, 1.54) is 71.9 Å². The summed E-state index contributed by atoms with van der Waals surface area (Å²) in [4.78, 5) is 0. The van der Waals surface area contributed by atoms with Crippen LogP contribution in [0.3, 0.4) is 0 Å². The van der Waals surface area contributed by atoms with E-state index >= 15 is 0 Å². The topological polar surface area (TPSA) is 17.0 Å². The van der Waals surface area contributed by atoms with Crippen LogP contribution in [0.25, 0.3) is 60.9 Å². The van der Waals surface area contributed by atoms with Crippen molar-refractivity contribution >= 4 is 33.2 Å². The van der Waals surface area contributed by atoms with E-state index in [1.54, 1.807) is 0 Å². The maximum atomic E-state index is 3.79. The predicted octanol–water partition coefficient (Wildman–Crippen LogP) is 14.2. The number of fused-ring (bicyclic) bond motifs is 6. The number of aromatic nitrogens is 1. The van der Waals surface area contributed by atoms with E-state index in [0.29, 0.717) is 0 Å². The molecule has 10 aromatic rings. The van der Waals surface area contributed by atoms with Gasteiger partial charge in [0.25, 0.3) is 0 Å². The molecule has 0 saturated heterocycles. The Bertz CT molecular complexity index is 3030. The highest BCUT2D eigenvalue weighted by Gasteiger charge is 2.46. The fourth-order valence-corrected chi connectivity index (χ4v) is 9.37. The number of nitrogens with zero attached hydrogens (tertiary/aromatic N) is 1. The molecule has 0 amide bonds. The fourth-order valence-electron chi connectivity index (χ4n) is 9.37. The lowest BCUT2D eigenvalue weighted by molar-refractivity contribution is 0.769. The first-order valence-electron chi connectivity index (χ1n) is 19.7. The summed E-state index contributed by atoms with van der Waals surface area (Å²) in [6.45, 7) is 0. The zero-order valence-electron chi connectivity index (χ0n) is 31.3. The van der Waals surface area contributed by atoms with Crippen molar-refractivity contribution in [3.8, 4) is 39.1 Å². The lowest BCUT2D eigenvalue weighted by atomic mass is 9.67. The summed E-state index contributed by atoms with van der Waals surface area (Å²) in [5.41, 5.74) is 17.6. The Morgan fingerprint density at radius 3 is 1.67 bits per heavy atom. The van der Waals surface area contributed by atoms with E-state index in [0.717, 1.165) is 22.6 Å². The van der Waals surface area contributed by atoms with Gasteiger partial charge in [-0.25, -0.2) is 0 Å². The fraction of sp³-hybridized carbons (Fsp3) is 0.0182. The van der Waals surface area contributed by atoms with E-state index in [1.807, 2.05) is 0 Å². The Hall–Kier alpha value is -7.42. The first-order valence-corrected chi connectivity index (χ1v) is 19.7. The van der Waals surface area contributed by atoms with Crippen molar-refractivity contribution in [1.29, 1.82) is 0 Å². The van der Waals surface area contributed by atoms with E-state index in [4.69, 9.17) is 0 Å². The Labute approximate surface area is 333 Å². The van der Waals surface area contributed by atoms with Gasteiger partial charge in [0, 0.05) is 33.4 Å². The third-order valence-corrected chi connectivity index (χ3v) is 11.9. The van der Waals surface area contributed by atoms with Crippen molar-refractivity contribution < 1.29 is 0 Å². The molecule has 0 bridgehead atoms. The molecule has 1 heterocycles. The van der Waals surface area contributed by atoms with Crippen LogP contribution in [0.2, 0.25) is 0 Å². The second kappa shape index (κ2) is 13.4. The Kier molecular flexibility index (Phi) is 7.75. The van der Waals surface area contributed by atoms with Crippen LogP contribution in [0.15, 0.2) is 224 Å². The van der Waals surface area contributed by atoms with Crippen molar-refractivity contribution in [2.24, 2.45) is 0 Å². The van der Waals surface area contributed by atoms with Crippen LogP contribution in [-0.4, -0.2) is 4.57 Å². The molecule has 0 unspecified atom stereocenters. The smallest absolute Gasteiger partial charge is 0.0713 e. The molecule has 2 heteroatoms. The second-order valence-electron chi connectivity index (χ2n) is 15.0. The van der Waals surface area contributed by atoms with Gasteiger partial charge in [-0.05, 0) is 111 Å². The highest BCUT2D eigenvalue weighted by Crippen LogP contribution is 2.57. The minimum absolute atomic E-state index is 0.479. The van der Waals surface area contributed by atoms with Gasteiger partial charge >= 0.3 is 0 Å². The van der Waals surface area contributed by atoms with Crippen molar-refractivity contribution in [2.45, 2.75) is 5.41 Å². The van der Waals surface area contributed by atoms with Gasteiger partial charge in [0.15, 0.2) is 0 Å². The van der Waals surface area contributed by atoms with Gasteiger partial charge in [-0.2, -0.15) is 0 Å². The quantitative estimate of drug-likeness (QED) is 0.173. The zero-order chi connectivity index (χ0) is 37.8. The second-order valence-corrected chi connectivity index (χ2v) is 15.0. The van der Waals surface area contributed by atoms with E-state index in [-0.39, 0.29) is 0 Å². The van der Waals surface area contributed by atoms with Gasteiger partial charge in [-0.1, -0.05) is 164 Å². The summed E-state index contributed by atoms with van der Waals surface area (Å²) in [6, 6.07) is 81.9. The lowest BCUT2D eigenvalue weighted by Crippen LogP contribution is -2.28. The summed E-state index contributed by atoms with van der Waals surface area (Å²) in [6.07, 6.45) is 0. The van der Waals surface area contributed by atoms with Gasteiger partial charge in [0.05, 0.1) is 16.4 Å². The van der Waals surface area contributed by atoms with E-state index in [9.17, 15) is 0 Å². The molecule has 0 atom stereocenters. The standard InChI is InChI=1S/C55H38N2/c1-5-17-41(18-6-1)55(42-19-7-2-8-20-42)50-27-15-13-25-45(50)46-32-29-40(37-51(46)55)48-35-38(30-33-52(48)56-43-21-9-3-10-22-43)39-31-34-54-49(36-39)47-26-14-16-28-53(47)57(54)44-23-11-4-12-24-44/h1-37,56H. The summed E-state index contributed by atoms with van der Waals surface area (Å²) in [5.74, 6) is 0. The minimum Gasteiger partial charge on any atom is -0.355 e. The number of rotatable bonds is 7. The molecule has 1 aliphatic rings. The van der Waals surface area contributed by atoms with Gasteiger partial charge in [-0.15, -0.1) is 0 Å². The Balaban J connectivity index is 1.13. The molecule has 1 N–H and O–H groups in total. The number of nitrogens with one attached hydrogen (secondary N) is 1. The van der Waals surface area contributed by atoms with Gasteiger partial charge < -0.3 is 9.88 Å². The average Bonchev–Trinajstić information content (AvgIpc) is 3.78. The lowest BCUT2D eigenvalue weighted by Gasteiger charge is -2.34. The summed E-state index contributed by atoms with van der Waals surface area (Å²) in [5, 5.41) is 6.28. The Morgan fingerprint density at radius 1 is 0.351 bits per heavy atom. The molecule has 0 aliphatic heterocycles. The molecule has 0 spiro atoms. The van der Waals surface area contributed by atoms with Gasteiger partial charge in [0.2, 0.25) is 0 Å². The van der Waals surface area contributed by atoms with Crippen LogP contribution in [0, 0.1) is 0 Å². The molecule has 1 aliphatic carbocycles. The van der Waals surface area contributed by atoms with Crippen LogP contribution in [0.5, 0.6) is 0 Å². The van der Waals surface area contributed by atoms with Crippen molar-refractivity contribution in [3.05, 3.63) is 247 Å². The molecular formula is C55H38N2. The highest BCUT2D eigenvalue weighted by molar-refractivity contribution is 6.10.